The maximum atomic E-state index is 13.1. The number of aromatic nitrogens is 2. The summed E-state index contributed by atoms with van der Waals surface area (Å²) in [5, 5.41) is 7.62. The first-order valence-electron chi connectivity index (χ1n) is 9.90. The van der Waals surface area contributed by atoms with Crippen molar-refractivity contribution < 1.29 is 13.7 Å². The van der Waals surface area contributed by atoms with E-state index in [1.165, 1.54) is 12.1 Å². The van der Waals surface area contributed by atoms with E-state index in [1.807, 2.05) is 24.3 Å². The normalized spacial score (nSPS) is 17.1. The third kappa shape index (κ3) is 5.04. The highest BCUT2D eigenvalue weighted by Gasteiger charge is 2.27. The number of benzene rings is 2. The van der Waals surface area contributed by atoms with Gasteiger partial charge in [-0.05, 0) is 55.3 Å². The fraction of sp³-hybridized carbons (Fsp3) is 0.318. The molecule has 8 heteroatoms. The van der Waals surface area contributed by atoms with Crippen molar-refractivity contribution in [3.63, 3.8) is 0 Å². The summed E-state index contributed by atoms with van der Waals surface area (Å²) in [6.07, 6.45) is 1.76. The van der Waals surface area contributed by atoms with Crippen LogP contribution in [0, 0.1) is 11.7 Å². The molecular formula is C22H22ClFN4O2. The second-order valence-electron chi connectivity index (χ2n) is 7.40. The Balaban J connectivity index is 1.32. The topological polar surface area (TPSA) is 71.3 Å². The van der Waals surface area contributed by atoms with Crippen LogP contribution in [-0.4, -0.2) is 34.0 Å². The number of nitrogens with zero attached hydrogens (tertiary/aromatic N) is 3. The highest BCUT2D eigenvalue weighted by atomic mass is 35.5. The van der Waals surface area contributed by atoms with Gasteiger partial charge in [-0.1, -0.05) is 35.0 Å². The lowest BCUT2D eigenvalue weighted by molar-refractivity contribution is -0.127. The molecule has 1 aromatic heterocycles. The van der Waals surface area contributed by atoms with Crippen LogP contribution in [0.5, 0.6) is 0 Å². The third-order valence-corrected chi connectivity index (χ3v) is 5.59. The number of carbonyl (C=O) groups is 1. The Bertz CT molecular complexity index is 1010. The molecule has 0 spiro atoms. The third-order valence-electron chi connectivity index (χ3n) is 5.22. The molecule has 2 aromatic carbocycles. The van der Waals surface area contributed by atoms with Crippen LogP contribution in [0.25, 0.3) is 11.4 Å². The van der Waals surface area contributed by atoms with Gasteiger partial charge in [0.1, 0.15) is 5.82 Å². The molecule has 1 fully saturated rings. The van der Waals surface area contributed by atoms with E-state index in [-0.39, 0.29) is 17.6 Å². The smallest absolute Gasteiger partial charge is 0.241 e. The molecule has 1 atom stereocenters. The van der Waals surface area contributed by atoms with Crippen LogP contribution in [0.2, 0.25) is 5.02 Å². The van der Waals surface area contributed by atoms with Gasteiger partial charge < -0.3 is 9.84 Å². The lowest BCUT2D eigenvalue weighted by atomic mass is 9.97. The SMILES string of the molecule is O=C(NCc1ccccc1Cl)C1CCCN(Cc2nc(-c3ccc(F)cc3)no2)C1. The number of rotatable bonds is 6. The molecule has 4 rings (SSSR count). The summed E-state index contributed by atoms with van der Waals surface area (Å²) in [6.45, 7) is 2.38. The summed E-state index contributed by atoms with van der Waals surface area (Å²) >= 11 is 6.16. The summed E-state index contributed by atoms with van der Waals surface area (Å²) in [4.78, 5) is 19.2. The molecule has 0 aliphatic carbocycles. The van der Waals surface area contributed by atoms with Crippen LogP contribution in [0.15, 0.2) is 53.1 Å². The van der Waals surface area contributed by atoms with Gasteiger partial charge in [-0.25, -0.2) is 4.39 Å². The molecule has 156 valence electrons. The van der Waals surface area contributed by atoms with Crippen LogP contribution < -0.4 is 5.32 Å². The Morgan fingerprint density at radius 1 is 1.23 bits per heavy atom. The van der Waals surface area contributed by atoms with Crippen molar-refractivity contribution in [2.45, 2.75) is 25.9 Å². The van der Waals surface area contributed by atoms with Crippen LogP contribution >= 0.6 is 11.6 Å². The minimum Gasteiger partial charge on any atom is -0.352 e. The number of hydrogen-bond donors (Lipinski definition) is 1. The highest BCUT2D eigenvalue weighted by molar-refractivity contribution is 6.31. The van der Waals surface area contributed by atoms with E-state index in [2.05, 4.69) is 20.4 Å². The molecule has 1 aliphatic rings. The first-order chi connectivity index (χ1) is 14.6. The minimum absolute atomic E-state index is 0.0251. The molecule has 1 saturated heterocycles. The van der Waals surface area contributed by atoms with Crippen molar-refractivity contribution in [1.29, 1.82) is 0 Å². The van der Waals surface area contributed by atoms with Gasteiger partial charge in [-0.3, -0.25) is 9.69 Å². The Morgan fingerprint density at radius 2 is 2.03 bits per heavy atom. The van der Waals surface area contributed by atoms with Crippen molar-refractivity contribution in [2.75, 3.05) is 13.1 Å². The first-order valence-corrected chi connectivity index (χ1v) is 10.3. The maximum Gasteiger partial charge on any atom is 0.241 e. The fourth-order valence-corrected chi connectivity index (χ4v) is 3.81. The van der Waals surface area contributed by atoms with E-state index < -0.39 is 0 Å². The number of halogens is 2. The molecule has 1 unspecified atom stereocenters. The standard InChI is InChI=1S/C22H22ClFN4O2/c23-19-6-2-1-4-16(19)12-25-22(29)17-5-3-11-28(13-17)14-20-26-21(27-30-20)15-7-9-18(24)10-8-15/h1-2,4,6-10,17H,3,5,11-14H2,(H,25,29). The zero-order valence-corrected chi connectivity index (χ0v) is 17.1. The molecule has 1 N–H and O–H groups in total. The van der Waals surface area contributed by atoms with Crippen molar-refractivity contribution in [3.8, 4) is 11.4 Å². The number of amides is 1. The van der Waals surface area contributed by atoms with Gasteiger partial charge in [0, 0.05) is 23.7 Å². The van der Waals surface area contributed by atoms with E-state index in [4.69, 9.17) is 16.1 Å². The minimum atomic E-state index is -0.311. The number of carbonyl (C=O) groups excluding carboxylic acids is 1. The predicted molar refractivity (Wildman–Crippen MR) is 111 cm³/mol. The molecule has 1 aliphatic heterocycles. The van der Waals surface area contributed by atoms with E-state index in [1.54, 1.807) is 12.1 Å². The monoisotopic (exact) mass is 428 g/mol. The second kappa shape index (κ2) is 9.36. The summed E-state index contributed by atoms with van der Waals surface area (Å²) in [5.41, 5.74) is 1.60. The van der Waals surface area contributed by atoms with Crippen LogP contribution in [-0.2, 0) is 17.9 Å². The van der Waals surface area contributed by atoms with Crippen molar-refractivity contribution in [1.82, 2.24) is 20.4 Å². The largest absolute Gasteiger partial charge is 0.352 e. The zero-order chi connectivity index (χ0) is 20.9. The quantitative estimate of drug-likeness (QED) is 0.641. The van der Waals surface area contributed by atoms with Gasteiger partial charge in [0.05, 0.1) is 12.5 Å². The predicted octanol–water partition coefficient (Wildman–Crippen LogP) is 4.06. The number of likely N-dealkylation sites (tertiary alicyclic amines) is 1. The van der Waals surface area contributed by atoms with Crippen molar-refractivity contribution in [2.24, 2.45) is 5.92 Å². The van der Waals surface area contributed by atoms with E-state index in [9.17, 15) is 9.18 Å². The van der Waals surface area contributed by atoms with Gasteiger partial charge in [0.25, 0.3) is 0 Å². The zero-order valence-electron chi connectivity index (χ0n) is 16.4. The summed E-state index contributed by atoms with van der Waals surface area (Å²) < 4.78 is 18.4. The van der Waals surface area contributed by atoms with Gasteiger partial charge in [-0.15, -0.1) is 0 Å². The van der Waals surface area contributed by atoms with E-state index in [0.29, 0.717) is 41.9 Å². The molecule has 0 radical (unpaired) electrons. The van der Waals surface area contributed by atoms with Gasteiger partial charge in [0.15, 0.2) is 0 Å². The van der Waals surface area contributed by atoms with E-state index >= 15 is 0 Å². The summed E-state index contributed by atoms with van der Waals surface area (Å²) in [6, 6.07) is 13.4. The molecule has 3 aromatic rings. The molecule has 0 saturated carbocycles. The van der Waals surface area contributed by atoms with Gasteiger partial charge >= 0.3 is 0 Å². The summed E-state index contributed by atoms with van der Waals surface area (Å²) in [7, 11) is 0. The van der Waals surface area contributed by atoms with Gasteiger partial charge in [-0.2, -0.15) is 4.98 Å². The molecule has 2 heterocycles. The fourth-order valence-electron chi connectivity index (χ4n) is 3.61. The molecule has 6 nitrogen and oxygen atoms in total. The number of nitrogens with one attached hydrogen (secondary N) is 1. The van der Waals surface area contributed by atoms with Gasteiger partial charge in [0.2, 0.25) is 17.6 Å². The molecule has 30 heavy (non-hydrogen) atoms. The first kappa shape index (κ1) is 20.5. The lowest BCUT2D eigenvalue weighted by Crippen LogP contribution is -2.42. The van der Waals surface area contributed by atoms with Crippen LogP contribution in [0.4, 0.5) is 4.39 Å². The van der Waals surface area contributed by atoms with E-state index in [0.717, 1.165) is 24.9 Å². The molecule has 0 bridgehead atoms. The Hall–Kier alpha value is -2.77. The van der Waals surface area contributed by atoms with Crippen molar-refractivity contribution in [3.05, 3.63) is 70.8 Å². The molecule has 1 amide bonds. The number of piperidine rings is 1. The number of hydrogen-bond acceptors (Lipinski definition) is 5. The Kier molecular flexibility index (Phi) is 6.40. The maximum absolute atomic E-state index is 13.1. The van der Waals surface area contributed by atoms with Crippen LogP contribution in [0.1, 0.15) is 24.3 Å². The van der Waals surface area contributed by atoms with Crippen molar-refractivity contribution >= 4 is 17.5 Å². The Morgan fingerprint density at radius 3 is 2.83 bits per heavy atom. The Labute approximate surface area is 179 Å². The average molecular weight is 429 g/mol. The van der Waals surface area contributed by atoms with Crippen LogP contribution in [0.3, 0.4) is 0 Å². The lowest BCUT2D eigenvalue weighted by Gasteiger charge is -2.30. The second-order valence-corrected chi connectivity index (χ2v) is 7.81. The molecular weight excluding hydrogens is 407 g/mol. The average Bonchev–Trinajstić information content (AvgIpc) is 3.22. The summed E-state index contributed by atoms with van der Waals surface area (Å²) in [5.74, 6) is 0.523. The highest BCUT2D eigenvalue weighted by Crippen LogP contribution is 2.21.